The number of aromatic nitrogens is 2. The number of hydrogen-bond acceptors (Lipinski definition) is 7. The molecule has 0 unspecified atom stereocenters. The molecule has 0 radical (unpaired) electrons. The summed E-state index contributed by atoms with van der Waals surface area (Å²) in [6.07, 6.45) is 2.02. The van der Waals surface area contributed by atoms with Gasteiger partial charge in [-0.3, -0.25) is 0 Å². The van der Waals surface area contributed by atoms with Gasteiger partial charge in [-0.2, -0.15) is 0 Å². The fraction of sp³-hybridized carbons (Fsp3) is 0.200. The van der Waals surface area contributed by atoms with E-state index in [0.29, 0.717) is 41.8 Å². The van der Waals surface area contributed by atoms with Crippen LogP contribution in [0.5, 0.6) is 11.5 Å². The van der Waals surface area contributed by atoms with E-state index in [9.17, 15) is 8.78 Å². The third-order valence-corrected chi connectivity index (χ3v) is 4.22. The quantitative estimate of drug-likeness (QED) is 0.529. The zero-order valence-electron chi connectivity index (χ0n) is 16.0. The molecule has 4 N–H and O–H groups in total. The smallest absolute Gasteiger partial charge is 0.160 e. The summed E-state index contributed by atoms with van der Waals surface area (Å²) in [7, 11) is 3.17. The average Bonchev–Trinajstić information content (AvgIpc) is 2.73. The van der Waals surface area contributed by atoms with E-state index in [2.05, 4.69) is 20.6 Å². The number of hydrogen-bond donors (Lipinski definition) is 3. The Bertz CT molecular complexity index is 1000. The monoisotopic (exact) mass is 401 g/mol. The fourth-order valence-corrected chi connectivity index (χ4v) is 2.71. The second kappa shape index (κ2) is 9.05. The number of nitrogen functional groups attached to an aromatic ring is 1. The first-order chi connectivity index (χ1) is 14.0. The van der Waals surface area contributed by atoms with Gasteiger partial charge in [0.05, 0.1) is 14.2 Å². The molecule has 0 saturated heterocycles. The average molecular weight is 401 g/mol. The maximum absolute atomic E-state index is 13.4. The number of benzene rings is 2. The van der Waals surface area contributed by atoms with Crippen LogP contribution in [0.2, 0.25) is 0 Å². The molecule has 2 aromatic carbocycles. The second-order valence-corrected chi connectivity index (χ2v) is 6.10. The van der Waals surface area contributed by atoms with Gasteiger partial charge >= 0.3 is 0 Å². The molecular formula is C20H21F2N5O2. The molecule has 0 fully saturated rings. The summed E-state index contributed by atoms with van der Waals surface area (Å²) in [4.78, 5) is 8.20. The lowest BCUT2D eigenvalue weighted by Crippen LogP contribution is -2.11. The van der Waals surface area contributed by atoms with Gasteiger partial charge in [-0.25, -0.2) is 18.7 Å². The van der Waals surface area contributed by atoms with Crippen molar-refractivity contribution in [2.24, 2.45) is 0 Å². The molecule has 3 aromatic rings. The molecule has 7 nitrogen and oxygen atoms in total. The number of rotatable bonds is 8. The highest BCUT2D eigenvalue weighted by molar-refractivity contribution is 5.77. The van der Waals surface area contributed by atoms with Crippen LogP contribution in [-0.4, -0.2) is 30.7 Å². The summed E-state index contributed by atoms with van der Waals surface area (Å²) in [6, 6.07) is 9.14. The molecule has 0 aliphatic heterocycles. The maximum Gasteiger partial charge on any atom is 0.160 e. The molecule has 0 bridgehead atoms. The third-order valence-electron chi connectivity index (χ3n) is 4.22. The van der Waals surface area contributed by atoms with Crippen molar-refractivity contribution in [2.75, 3.05) is 37.1 Å². The van der Waals surface area contributed by atoms with Crippen LogP contribution >= 0.6 is 0 Å². The van der Waals surface area contributed by atoms with E-state index in [4.69, 9.17) is 15.2 Å². The summed E-state index contributed by atoms with van der Waals surface area (Å²) < 4.78 is 37.0. The zero-order chi connectivity index (χ0) is 20.8. The Morgan fingerprint density at radius 3 is 2.41 bits per heavy atom. The SMILES string of the molecule is COc1ccc(CCNc2ncnc(Nc3ccc(F)c(F)c3)c2N)cc1OC. The number of nitrogens with one attached hydrogen (secondary N) is 2. The lowest BCUT2D eigenvalue weighted by molar-refractivity contribution is 0.354. The highest BCUT2D eigenvalue weighted by atomic mass is 19.2. The van der Waals surface area contributed by atoms with E-state index in [0.717, 1.165) is 17.7 Å². The van der Waals surface area contributed by atoms with Gasteiger partial charge in [-0.15, -0.1) is 0 Å². The molecule has 9 heteroatoms. The summed E-state index contributed by atoms with van der Waals surface area (Å²) >= 11 is 0. The zero-order valence-corrected chi connectivity index (χ0v) is 16.0. The first-order valence-electron chi connectivity index (χ1n) is 8.79. The lowest BCUT2D eigenvalue weighted by Gasteiger charge is -2.13. The van der Waals surface area contributed by atoms with Crippen LogP contribution in [0.3, 0.4) is 0 Å². The van der Waals surface area contributed by atoms with E-state index in [1.165, 1.54) is 12.4 Å². The van der Waals surface area contributed by atoms with Crippen molar-refractivity contribution in [1.29, 1.82) is 0 Å². The normalized spacial score (nSPS) is 10.5. The summed E-state index contributed by atoms with van der Waals surface area (Å²) in [5, 5.41) is 6.02. The van der Waals surface area contributed by atoms with Crippen molar-refractivity contribution >= 4 is 23.0 Å². The minimum Gasteiger partial charge on any atom is -0.493 e. The topological polar surface area (TPSA) is 94.3 Å². The molecule has 1 heterocycles. The number of nitrogens with zero attached hydrogens (tertiary/aromatic N) is 2. The number of ether oxygens (including phenoxy) is 2. The minimum absolute atomic E-state index is 0.268. The molecule has 0 atom stereocenters. The Morgan fingerprint density at radius 1 is 0.931 bits per heavy atom. The maximum atomic E-state index is 13.4. The Morgan fingerprint density at radius 2 is 1.69 bits per heavy atom. The van der Waals surface area contributed by atoms with Crippen LogP contribution in [0.1, 0.15) is 5.56 Å². The standard InChI is InChI=1S/C20H21F2N5O2/c1-28-16-6-3-12(9-17(16)29-2)7-8-24-19-18(23)20(26-11-25-19)27-13-4-5-14(21)15(22)10-13/h3-6,9-11H,7-8,23H2,1-2H3,(H2,24,25,26,27). The van der Waals surface area contributed by atoms with Crippen LogP contribution in [-0.2, 0) is 6.42 Å². The summed E-state index contributed by atoms with van der Waals surface area (Å²) in [5.41, 5.74) is 7.74. The second-order valence-electron chi connectivity index (χ2n) is 6.10. The van der Waals surface area contributed by atoms with Gasteiger partial charge in [-0.05, 0) is 36.2 Å². The van der Waals surface area contributed by atoms with Crippen molar-refractivity contribution < 1.29 is 18.3 Å². The molecular weight excluding hydrogens is 380 g/mol. The predicted molar refractivity (Wildman–Crippen MR) is 108 cm³/mol. The molecule has 3 rings (SSSR count). The fourth-order valence-electron chi connectivity index (χ4n) is 2.71. The van der Waals surface area contributed by atoms with Crippen molar-refractivity contribution in [3.8, 4) is 11.5 Å². The van der Waals surface area contributed by atoms with Gasteiger partial charge in [0.1, 0.15) is 12.0 Å². The molecule has 152 valence electrons. The van der Waals surface area contributed by atoms with Gasteiger partial charge in [0.15, 0.2) is 34.8 Å². The van der Waals surface area contributed by atoms with E-state index in [1.54, 1.807) is 14.2 Å². The van der Waals surface area contributed by atoms with Gasteiger partial charge in [-0.1, -0.05) is 6.07 Å². The number of halogens is 2. The Kier molecular flexibility index (Phi) is 6.28. The molecule has 0 amide bonds. The molecule has 0 spiro atoms. The summed E-state index contributed by atoms with van der Waals surface area (Å²) in [6.45, 7) is 0.557. The van der Waals surface area contributed by atoms with Crippen LogP contribution in [0.25, 0.3) is 0 Å². The third kappa shape index (κ3) is 4.81. The van der Waals surface area contributed by atoms with E-state index < -0.39 is 11.6 Å². The highest BCUT2D eigenvalue weighted by Gasteiger charge is 2.10. The van der Waals surface area contributed by atoms with Crippen molar-refractivity contribution in [1.82, 2.24) is 9.97 Å². The van der Waals surface area contributed by atoms with Gasteiger partial charge in [0.2, 0.25) is 0 Å². The molecule has 29 heavy (non-hydrogen) atoms. The molecule has 0 saturated carbocycles. The van der Waals surface area contributed by atoms with Crippen LogP contribution in [0.4, 0.5) is 31.8 Å². The van der Waals surface area contributed by atoms with Gasteiger partial charge in [0, 0.05) is 18.3 Å². The van der Waals surface area contributed by atoms with Crippen molar-refractivity contribution in [3.05, 3.63) is 59.9 Å². The number of nitrogens with two attached hydrogens (primary N) is 1. The van der Waals surface area contributed by atoms with E-state index >= 15 is 0 Å². The van der Waals surface area contributed by atoms with E-state index in [-0.39, 0.29) is 5.69 Å². The molecule has 0 aliphatic rings. The van der Waals surface area contributed by atoms with Crippen LogP contribution in [0, 0.1) is 11.6 Å². The van der Waals surface area contributed by atoms with Gasteiger partial charge < -0.3 is 25.8 Å². The van der Waals surface area contributed by atoms with E-state index in [1.807, 2.05) is 18.2 Å². The predicted octanol–water partition coefficient (Wildman–Crippen LogP) is 3.75. The molecule has 0 aliphatic carbocycles. The highest BCUT2D eigenvalue weighted by Crippen LogP contribution is 2.28. The van der Waals surface area contributed by atoms with Crippen LogP contribution < -0.4 is 25.8 Å². The lowest BCUT2D eigenvalue weighted by atomic mass is 10.1. The number of methoxy groups -OCH3 is 2. The first kappa shape index (κ1) is 20.1. The minimum atomic E-state index is -0.962. The largest absolute Gasteiger partial charge is 0.493 e. The number of anilines is 4. The summed E-state index contributed by atoms with van der Waals surface area (Å²) in [5.74, 6) is 0.159. The Hall–Kier alpha value is -3.62. The Labute approximate surface area is 166 Å². The van der Waals surface area contributed by atoms with Gasteiger partial charge in [0.25, 0.3) is 0 Å². The molecule has 1 aromatic heterocycles. The Balaban J connectivity index is 1.66. The first-order valence-corrected chi connectivity index (χ1v) is 8.79. The van der Waals surface area contributed by atoms with Crippen LogP contribution in [0.15, 0.2) is 42.7 Å². The van der Waals surface area contributed by atoms with Crippen molar-refractivity contribution in [2.45, 2.75) is 6.42 Å². The van der Waals surface area contributed by atoms with Crippen molar-refractivity contribution in [3.63, 3.8) is 0 Å².